The van der Waals surface area contributed by atoms with Crippen LogP contribution in [0, 0.1) is 5.82 Å². The minimum Gasteiger partial charge on any atom is -0.486 e. The number of ether oxygens (including phenoxy) is 1. The lowest BCUT2D eigenvalue weighted by molar-refractivity contribution is 0.290. The molecule has 0 aromatic heterocycles. The van der Waals surface area contributed by atoms with Crippen molar-refractivity contribution in [3.05, 3.63) is 65.5 Å². The molecule has 0 bridgehead atoms. The maximum absolute atomic E-state index is 13.8. The third-order valence-electron chi connectivity index (χ3n) is 2.81. The minimum absolute atomic E-state index is 0.295. The summed E-state index contributed by atoms with van der Waals surface area (Å²) in [6.45, 7) is 3.94. The quantitative estimate of drug-likeness (QED) is 0.857. The first-order chi connectivity index (χ1) is 9.29. The summed E-state index contributed by atoms with van der Waals surface area (Å²) in [7, 11) is 0. The van der Waals surface area contributed by atoms with E-state index in [4.69, 9.17) is 4.74 Å². The van der Waals surface area contributed by atoms with E-state index < -0.39 is 0 Å². The monoisotopic (exact) mass is 259 g/mol. The van der Waals surface area contributed by atoms with Crippen LogP contribution in [-0.4, -0.2) is 6.54 Å². The first kappa shape index (κ1) is 13.6. The normalized spacial score (nSPS) is 10.4. The van der Waals surface area contributed by atoms with Crippen LogP contribution in [0.25, 0.3) is 0 Å². The number of benzene rings is 2. The van der Waals surface area contributed by atoms with Gasteiger partial charge in [-0.1, -0.05) is 43.3 Å². The van der Waals surface area contributed by atoms with Crippen molar-refractivity contribution in [2.24, 2.45) is 0 Å². The van der Waals surface area contributed by atoms with Gasteiger partial charge >= 0.3 is 0 Å². The number of hydrogen-bond donors (Lipinski definition) is 1. The molecule has 0 aliphatic rings. The molecule has 0 unspecified atom stereocenters. The largest absolute Gasteiger partial charge is 0.486 e. The molecule has 0 saturated heterocycles. The zero-order chi connectivity index (χ0) is 13.5. The molecular formula is C16H18FNO. The van der Waals surface area contributed by atoms with Crippen molar-refractivity contribution in [3.63, 3.8) is 0 Å². The molecule has 100 valence electrons. The lowest BCUT2D eigenvalue weighted by Crippen LogP contribution is -2.11. The van der Waals surface area contributed by atoms with Gasteiger partial charge in [-0.05, 0) is 29.8 Å². The second kappa shape index (κ2) is 6.90. The van der Waals surface area contributed by atoms with Gasteiger partial charge in [-0.2, -0.15) is 0 Å². The van der Waals surface area contributed by atoms with Crippen LogP contribution in [0.4, 0.5) is 4.39 Å². The Morgan fingerprint density at radius 3 is 2.53 bits per heavy atom. The van der Waals surface area contributed by atoms with Gasteiger partial charge < -0.3 is 10.1 Å². The first-order valence-corrected chi connectivity index (χ1v) is 6.45. The molecule has 0 radical (unpaired) electrons. The van der Waals surface area contributed by atoms with E-state index in [-0.39, 0.29) is 5.82 Å². The van der Waals surface area contributed by atoms with Crippen LogP contribution in [-0.2, 0) is 13.2 Å². The van der Waals surface area contributed by atoms with Gasteiger partial charge in [-0.15, -0.1) is 0 Å². The Kier molecular flexibility index (Phi) is 4.93. The first-order valence-electron chi connectivity index (χ1n) is 6.45. The van der Waals surface area contributed by atoms with Crippen LogP contribution in [0.15, 0.2) is 48.5 Å². The zero-order valence-electron chi connectivity index (χ0n) is 11.0. The summed E-state index contributed by atoms with van der Waals surface area (Å²) < 4.78 is 19.3. The highest BCUT2D eigenvalue weighted by atomic mass is 19.1. The Labute approximate surface area is 113 Å². The fraction of sp³-hybridized carbons (Fsp3) is 0.250. The lowest BCUT2D eigenvalue weighted by atomic mass is 10.2. The summed E-state index contributed by atoms with van der Waals surface area (Å²) in [4.78, 5) is 0. The van der Waals surface area contributed by atoms with Gasteiger partial charge in [0, 0.05) is 6.54 Å². The van der Waals surface area contributed by atoms with Crippen LogP contribution >= 0.6 is 0 Å². The molecule has 0 spiro atoms. The Balaban J connectivity index is 1.97. The van der Waals surface area contributed by atoms with Gasteiger partial charge in [0.2, 0.25) is 0 Å². The molecule has 19 heavy (non-hydrogen) atoms. The molecule has 0 fully saturated rings. The highest BCUT2D eigenvalue weighted by molar-refractivity contribution is 5.29. The highest BCUT2D eigenvalue weighted by Crippen LogP contribution is 2.19. The maximum atomic E-state index is 13.8. The number of nitrogens with one attached hydrogen (secondary N) is 1. The molecule has 0 aliphatic carbocycles. The average molecular weight is 259 g/mol. The van der Waals surface area contributed by atoms with Crippen molar-refractivity contribution in [2.75, 3.05) is 6.54 Å². The summed E-state index contributed by atoms with van der Waals surface area (Å²) in [6.07, 6.45) is 0. The topological polar surface area (TPSA) is 21.3 Å². The maximum Gasteiger partial charge on any atom is 0.165 e. The van der Waals surface area contributed by atoms with Crippen molar-refractivity contribution in [3.8, 4) is 5.75 Å². The Morgan fingerprint density at radius 2 is 1.84 bits per heavy atom. The van der Waals surface area contributed by atoms with Gasteiger partial charge in [-0.25, -0.2) is 4.39 Å². The van der Waals surface area contributed by atoms with Gasteiger partial charge in [0.25, 0.3) is 0 Å². The summed E-state index contributed by atoms with van der Waals surface area (Å²) >= 11 is 0. The molecule has 2 rings (SSSR count). The van der Waals surface area contributed by atoms with Crippen LogP contribution < -0.4 is 10.1 Å². The van der Waals surface area contributed by atoms with Gasteiger partial charge in [-0.3, -0.25) is 0 Å². The average Bonchev–Trinajstić information content (AvgIpc) is 2.45. The molecule has 2 aromatic rings. The molecule has 3 heteroatoms. The number of hydrogen-bond acceptors (Lipinski definition) is 2. The lowest BCUT2D eigenvalue weighted by Gasteiger charge is -2.09. The molecule has 2 aromatic carbocycles. The van der Waals surface area contributed by atoms with E-state index in [9.17, 15) is 4.39 Å². The fourth-order valence-electron chi connectivity index (χ4n) is 1.78. The van der Waals surface area contributed by atoms with Gasteiger partial charge in [0.15, 0.2) is 11.6 Å². The van der Waals surface area contributed by atoms with Crippen LogP contribution in [0.5, 0.6) is 5.75 Å². The van der Waals surface area contributed by atoms with Crippen molar-refractivity contribution in [1.82, 2.24) is 5.32 Å². The van der Waals surface area contributed by atoms with E-state index in [1.807, 2.05) is 43.3 Å². The predicted octanol–water partition coefficient (Wildman–Crippen LogP) is 3.51. The smallest absolute Gasteiger partial charge is 0.165 e. The molecule has 0 aliphatic heterocycles. The molecule has 1 N–H and O–H groups in total. The second-order valence-electron chi connectivity index (χ2n) is 4.32. The van der Waals surface area contributed by atoms with Gasteiger partial charge in [0.05, 0.1) is 0 Å². The van der Waals surface area contributed by atoms with Crippen molar-refractivity contribution in [1.29, 1.82) is 0 Å². The van der Waals surface area contributed by atoms with Crippen LogP contribution in [0.2, 0.25) is 0 Å². The standard InChI is InChI=1S/C16H18FNO/c1-2-18-11-14-8-9-16(15(17)10-14)19-12-13-6-4-3-5-7-13/h3-10,18H,2,11-12H2,1H3. The molecule has 0 saturated carbocycles. The van der Waals surface area contributed by atoms with Crippen molar-refractivity contribution in [2.45, 2.75) is 20.1 Å². The van der Waals surface area contributed by atoms with Crippen molar-refractivity contribution < 1.29 is 9.13 Å². The number of halogens is 1. The van der Waals surface area contributed by atoms with Crippen molar-refractivity contribution >= 4 is 0 Å². The van der Waals surface area contributed by atoms with E-state index in [0.717, 1.165) is 17.7 Å². The molecular weight excluding hydrogens is 241 g/mol. The molecule has 0 atom stereocenters. The Morgan fingerprint density at radius 1 is 1.05 bits per heavy atom. The summed E-state index contributed by atoms with van der Waals surface area (Å²) in [5, 5.41) is 3.16. The summed E-state index contributed by atoms with van der Waals surface area (Å²) in [5.41, 5.74) is 1.95. The predicted molar refractivity (Wildman–Crippen MR) is 74.6 cm³/mol. The fourth-order valence-corrected chi connectivity index (χ4v) is 1.78. The minimum atomic E-state index is -0.314. The van der Waals surface area contributed by atoms with E-state index in [1.54, 1.807) is 6.07 Å². The number of rotatable bonds is 6. The summed E-state index contributed by atoms with van der Waals surface area (Å²) in [6, 6.07) is 14.8. The van der Waals surface area contributed by atoms with E-state index >= 15 is 0 Å². The van der Waals surface area contributed by atoms with Gasteiger partial charge in [0.1, 0.15) is 6.61 Å². The zero-order valence-corrected chi connectivity index (χ0v) is 11.0. The highest BCUT2D eigenvalue weighted by Gasteiger charge is 2.05. The Hall–Kier alpha value is -1.87. The molecule has 0 heterocycles. The van der Waals surface area contributed by atoms with Crippen LogP contribution in [0.1, 0.15) is 18.1 Å². The Bertz CT molecular complexity index is 513. The molecule has 2 nitrogen and oxygen atoms in total. The van der Waals surface area contributed by atoms with E-state index in [0.29, 0.717) is 18.9 Å². The third kappa shape index (κ3) is 4.07. The summed E-state index contributed by atoms with van der Waals surface area (Å²) in [5.74, 6) is -0.0181. The third-order valence-corrected chi connectivity index (χ3v) is 2.81. The van der Waals surface area contributed by atoms with E-state index in [2.05, 4.69) is 5.32 Å². The second-order valence-corrected chi connectivity index (χ2v) is 4.32. The molecule has 0 amide bonds. The SMILES string of the molecule is CCNCc1ccc(OCc2ccccc2)c(F)c1. The van der Waals surface area contributed by atoms with Crippen LogP contribution in [0.3, 0.4) is 0 Å². The van der Waals surface area contributed by atoms with E-state index in [1.165, 1.54) is 6.07 Å².